The van der Waals surface area contributed by atoms with Crippen molar-refractivity contribution in [2.75, 3.05) is 6.61 Å². The van der Waals surface area contributed by atoms with Crippen molar-refractivity contribution in [1.82, 2.24) is 10.2 Å². The van der Waals surface area contributed by atoms with Gasteiger partial charge in [-0.1, -0.05) is 54.6 Å². The molecule has 2 aromatic rings. The van der Waals surface area contributed by atoms with Crippen molar-refractivity contribution in [2.45, 2.75) is 57.8 Å². The molecule has 0 aromatic heterocycles. The van der Waals surface area contributed by atoms with Crippen molar-refractivity contribution in [2.24, 2.45) is 0 Å². The molecular weight excluding hydrogens is 433 g/mol. The molecule has 1 amide bonds. The molecule has 0 fully saturated rings. The number of benzene rings is 2. The number of esters is 1. The third-order valence-electron chi connectivity index (χ3n) is 5.77. The summed E-state index contributed by atoms with van der Waals surface area (Å²) in [5.41, 5.74) is 2.97. The predicted molar refractivity (Wildman–Crippen MR) is 128 cm³/mol. The molecule has 8 heteroatoms. The van der Waals surface area contributed by atoms with Gasteiger partial charge in [0.05, 0.1) is 12.6 Å². The zero-order valence-corrected chi connectivity index (χ0v) is 20.6. The maximum atomic E-state index is 13.3. The van der Waals surface area contributed by atoms with Gasteiger partial charge in [0, 0.05) is 13.0 Å². The van der Waals surface area contributed by atoms with E-state index in [2.05, 4.69) is 5.32 Å². The van der Waals surface area contributed by atoms with Crippen LogP contribution in [0.1, 0.15) is 39.8 Å². The van der Waals surface area contributed by atoms with E-state index in [4.69, 9.17) is 4.74 Å². The van der Waals surface area contributed by atoms with Gasteiger partial charge < -0.3 is 17.6 Å². The van der Waals surface area contributed by atoms with Crippen molar-refractivity contribution in [3.63, 3.8) is 0 Å². The summed E-state index contributed by atoms with van der Waals surface area (Å²) in [5, 5.41) is 12.8. The summed E-state index contributed by atoms with van der Waals surface area (Å²) < 4.78 is 5.20. The van der Waals surface area contributed by atoms with Crippen LogP contribution in [0.4, 0.5) is 0 Å². The molecule has 3 atom stereocenters. The quantitative estimate of drug-likeness (QED) is 0.437. The summed E-state index contributed by atoms with van der Waals surface area (Å²) in [6.45, 7) is 3.88. The molecule has 2 aromatic carbocycles. The number of carboxylic acids is 1. The summed E-state index contributed by atoms with van der Waals surface area (Å²) in [5.74, 6) is -1.80. The number of amides is 1. The second kappa shape index (κ2) is 12.7. The minimum absolute atomic E-state index is 0. The molecule has 0 saturated carbocycles. The molecule has 0 aliphatic carbocycles. The fraction of sp³-hybridized carbons (Fsp3) is 0.400. The summed E-state index contributed by atoms with van der Waals surface area (Å²) in [7, 11) is 0. The minimum atomic E-state index is -1.04. The van der Waals surface area contributed by atoms with Crippen LogP contribution < -0.4 is 5.32 Å². The van der Waals surface area contributed by atoms with Crippen LogP contribution in [0.2, 0.25) is 0 Å². The van der Waals surface area contributed by atoms with Gasteiger partial charge in [0.25, 0.3) is 0 Å². The number of aryl methyl sites for hydroxylation is 1. The molecule has 174 valence electrons. The van der Waals surface area contributed by atoms with Crippen LogP contribution in [-0.4, -0.2) is 75.6 Å². The maximum absolute atomic E-state index is 13.3. The third kappa shape index (κ3) is 7.03. The van der Waals surface area contributed by atoms with Gasteiger partial charge in [0.15, 0.2) is 0 Å². The number of carbonyl (C=O) groups excluding carboxylic acids is 2. The van der Waals surface area contributed by atoms with E-state index in [-0.39, 0.29) is 51.4 Å². The van der Waals surface area contributed by atoms with E-state index in [1.165, 1.54) is 4.90 Å². The molecule has 2 N–H and O–H groups in total. The first-order valence-corrected chi connectivity index (χ1v) is 11.0. The molecular formula is C25H32MgN2O5. The monoisotopic (exact) mass is 464 g/mol. The average Bonchev–Trinajstić information content (AvgIpc) is 2.80. The van der Waals surface area contributed by atoms with Gasteiger partial charge in [-0.05, 0) is 43.4 Å². The fourth-order valence-electron chi connectivity index (χ4n) is 4.06. The van der Waals surface area contributed by atoms with E-state index in [9.17, 15) is 19.5 Å². The Labute approximate surface area is 213 Å². The van der Waals surface area contributed by atoms with Crippen LogP contribution in [0.25, 0.3) is 0 Å². The smallest absolute Gasteiger partial charge is 1.00 e. The Morgan fingerprint density at radius 2 is 1.76 bits per heavy atom. The number of carboxylic acid groups (broad SMARTS) is 1. The predicted octanol–water partition coefficient (Wildman–Crippen LogP) is 2.41. The van der Waals surface area contributed by atoms with Crippen molar-refractivity contribution in [1.29, 1.82) is 0 Å². The zero-order valence-electron chi connectivity index (χ0n) is 21.2. The number of nitrogens with one attached hydrogen (secondary N) is 1. The molecule has 33 heavy (non-hydrogen) atoms. The molecule has 0 unspecified atom stereocenters. The van der Waals surface area contributed by atoms with Crippen molar-refractivity contribution >= 4 is 40.9 Å². The largest absolute Gasteiger partial charge is 2.00 e. The Balaban J connectivity index is 0.00000385. The number of rotatable bonds is 9. The van der Waals surface area contributed by atoms with Crippen LogP contribution in [0.5, 0.6) is 0 Å². The third-order valence-corrected chi connectivity index (χ3v) is 5.77. The van der Waals surface area contributed by atoms with Gasteiger partial charge in [-0.15, -0.1) is 0 Å². The number of fused-ring (bicyclic) bond motifs is 1. The van der Waals surface area contributed by atoms with Gasteiger partial charge >= 0.3 is 35.0 Å². The van der Waals surface area contributed by atoms with Gasteiger partial charge in [0.1, 0.15) is 12.1 Å². The van der Waals surface area contributed by atoms with Gasteiger partial charge in [-0.2, -0.15) is 0 Å². The van der Waals surface area contributed by atoms with E-state index in [1.54, 1.807) is 13.8 Å². The molecule has 0 bridgehead atoms. The molecule has 0 spiro atoms. The fourth-order valence-corrected chi connectivity index (χ4v) is 4.06. The van der Waals surface area contributed by atoms with Crippen LogP contribution >= 0.6 is 0 Å². The first kappa shape index (κ1) is 26.8. The number of nitrogens with zero attached hydrogens (tertiary/aromatic N) is 1. The average molecular weight is 465 g/mol. The van der Waals surface area contributed by atoms with E-state index >= 15 is 0 Å². The normalized spacial score (nSPS) is 16.7. The Morgan fingerprint density at radius 1 is 1.12 bits per heavy atom. The molecule has 7 nitrogen and oxygen atoms in total. The molecule has 1 heterocycles. The number of aliphatic carboxylic acids is 1. The Bertz CT molecular complexity index is 964. The molecule has 0 saturated heterocycles. The van der Waals surface area contributed by atoms with E-state index < -0.39 is 30.1 Å². The standard InChI is InChI=1S/C25H30N2O5.Mg.2H/c1-3-32-25(31)21(14-13-18-9-5-4-6-10-18)26-17(2)23(28)27-16-20-12-8-7-11-19(20)15-22(27)24(29)30;;;/h4-12,17,21-22,26H,3,13-16H2,1-2H3,(H,29,30);;;/q;+2;2*-1/t17-,21-,22-;;;/m0.../s1. The molecule has 0 radical (unpaired) electrons. The molecule has 1 aliphatic heterocycles. The van der Waals surface area contributed by atoms with E-state index in [0.717, 1.165) is 16.7 Å². The molecule has 3 rings (SSSR count). The van der Waals surface area contributed by atoms with Crippen LogP contribution in [-0.2, 0) is 38.5 Å². The van der Waals surface area contributed by atoms with Crippen LogP contribution in [0.3, 0.4) is 0 Å². The molecule has 1 aliphatic rings. The van der Waals surface area contributed by atoms with Gasteiger partial charge in [-0.3, -0.25) is 14.9 Å². The SMILES string of the molecule is CCOC(=O)[C@H](CCc1ccccc1)N[C@@H](C)C(=O)N1Cc2ccccc2C[C@H]1C(=O)O.[H-].[H-].[Mg+2]. The van der Waals surface area contributed by atoms with Gasteiger partial charge in [-0.25, -0.2) is 4.79 Å². The summed E-state index contributed by atoms with van der Waals surface area (Å²) >= 11 is 0. The summed E-state index contributed by atoms with van der Waals surface area (Å²) in [4.78, 5) is 39.1. The van der Waals surface area contributed by atoms with Crippen LogP contribution in [0, 0.1) is 0 Å². The van der Waals surface area contributed by atoms with E-state index in [0.29, 0.717) is 12.8 Å². The number of ether oxygens (including phenoxy) is 1. The second-order valence-electron chi connectivity index (χ2n) is 8.01. The van der Waals surface area contributed by atoms with Crippen LogP contribution in [0.15, 0.2) is 54.6 Å². The zero-order chi connectivity index (χ0) is 23.1. The van der Waals surface area contributed by atoms with E-state index in [1.807, 2.05) is 54.6 Å². The van der Waals surface area contributed by atoms with Crippen molar-refractivity contribution < 1.29 is 27.1 Å². The van der Waals surface area contributed by atoms with Gasteiger partial charge in [0.2, 0.25) is 5.91 Å². The minimum Gasteiger partial charge on any atom is -1.00 e. The Kier molecular flexibility index (Phi) is 10.3. The first-order valence-electron chi connectivity index (χ1n) is 11.0. The number of hydrogen-bond donors (Lipinski definition) is 2. The van der Waals surface area contributed by atoms with Crippen molar-refractivity contribution in [3.05, 3.63) is 71.3 Å². The second-order valence-corrected chi connectivity index (χ2v) is 8.01. The summed E-state index contributed by atoms with van der Waals surface area (Å²) in [6.07, 6.45) is 1.37. The topological polar surface area (TPSA) is 95.9 Å². The Hall–Kier alpha value is -2.42. The Morgan fingerprint density at radius 3 is 2.39 bits per heavy atom. The maximum Gasteiger partial charge on any atom is 2.00 e. The number of hydrogen-bond acceptors (Lipinski definition) is 5. The number of carbonyl (C=O) groups is 3. The summed E-state index contributed by atoms with van der Waals surface area (Å²) in [6, 6.07) is 15.0. The first-order chi connectivity index (χ1) is 15.4. The van der Waals surface area contributed by atoms with Crippen molar-refractivity contribution in [3.8, 4) is 0 Å².